The summed E-state index contributed by atoms with van der Waals surface area (Å²) in [7, 11) is 0. The molecular weight excluding hydrogens is 210 g/mol. The van der Waals surface area contributed by atoms with E-state index in [0.717, 1.165) is 0 Å². The zero-order valence-electron chi connectivity index (χ0n) is 10.3. The van der Waals surface area contributed by atoms with Gasteiger partial charge in [0.15, 0.2) is 0 Å². The molecule has 1 unspecified atom stereocenters. The summed E-state index contributed by atoms with van der Waals surface area (Å²) in [6.45, 7) is 5.32. The molecule has 0 aliphatic carbocycles. The minimum atomic E-state index is -1.02. The first-order chi connectivity index (χ1) is 7.34. The summed E-state index contributed by atoms with van der Waals surface area (Å²) in [6.07, 6.45) is 0.895. The highest BCUT2D eigenvalue weighted by atomic mass is 16.4. The molecule has 0 spiro atoms. The number of unbranched alkanes of at least 4 members (excludes halogenated alkanes) is 1. The predicted molar refractivity (Wildman–Crippen MR) is 61.4 cm³/mol. The topological polar surface area (TPSA) is 81.0 Å². The molecule has 3 N–H and O–H groups in total. The van der Waals surface area contributed by atoms with Crippen molar-refractivity contribution >= 4 is 6.09 Å². The average molecular weight is 233 g/mol. The van der Waals surface area contributed by atoms with E-state index < -0.39 is 17.7 Å². The van der Waals surface area contributed by atoms with Gasteiger partial charge in [0.25, 0.3) is 0 Å². The van der Waals surface area contributed by atoms with Gasteiger partial charge in [0, 0.05) is 12.1 Å². The summed E-state index contributed by atoms with van der Waals surface area (Å²) in [6, 6.07) is -0.399. The Hall–Kier alpha value is -0.810. The van der Waals surface area contributed by atoms with E-state index in [1.54, 1.807) is 20.8 Å². The molecule has 0 aliphatic rings. The number of rotatable bonds is 6. The molecule has 96 valence electrons. The number of hydrogen-bond donors (Lipinski definition) is 3. The lowest BCUT2D eigenvalue weighted by atomic mass is 10.0. The number of carbonyl (C=O) groups is 1. The van der Waals surface area contributed by atoms with Crippen LogP contribution in [0.2, 0.25) is 0 Å². The highest BCUT2D eigenvalue weighted by Gasteiger charge is 2.32. The van der Waals surface area contributed by atoms with Gasteiger partial charge in [-0.05, 0) is 40.0 Å². The lowest BCUT2D eigenvalue weighted by Crippen LogP contribution is -2.52. The molecule has 0 aromatic heterocycles. The second kappa shape index (κ2) is 6.70. The van der Waals surface area contributed by atoms with E-state index in [-0.39, 0.29) is 13.2 Å². The molecule has 5 heteroatoms. The highest BCUT2D eigenvalue weighted by molar-refractivity contribution is 5.66. The maximum atomic E-state index is 11.1. The lowest BCUT2D eigenvalue weighted by Gasteiger charge is -2.39. The summed E-state index contributed by atoms with van der Waals surface area (Å²) in [4.78, 5) is 12.4. The Balaban J connectivity index is 4.54. The fraction of sp³-hybridized carbons (Fsp3) is 0.909. The quantitative estimate of drug-likeness (QED) is 0.604. The van der Waals surface area contributed by atoms with Crippen molar-refractivity contribution in [1.82, 2.24) is 4.90 Å². The van der Waals surface area contributed by atoms with Crippen LogP contribution in [-0.2, 0) is 0 Å². The third-order valence-electron chi connectivity index (χ3n) is 2.45. The molecule has 0 bridgehead atoms. The molecular formula is C11H23NO4. The highest BCUT2D eigenvalue weighted by Crippen LogP contribution is 2.20. The molecule has 0 heterocycles. The van der Waals surface area contributed by atoms with Gasteiger partial charge in [0.2, 0.25) is 0 Å². The zero-order valence-corrected chi connectivity index (χ0v) is 10.3. The minimum Gasteiger partial charge on any atom is -0.465 e. The SMILES string of the molecule is CC(C)(C)N(C(=O)O)C(CO)CCCCO. The van der Waals surface area contributed by atoms with E-state index in [2.05, 4.69) is 0 Å². The van der Waals surface area contributed by atoms with Gasteiger partial charge >= 0.3 is 6.09 Å². The first-order valence-electron chi connectivity index (χ1n) is 5.58. The van der Waals surface area contributed by atoms with Crippen LogP contribution in [0.3, 0.4) is 0 Å². The Morgan fingerprint density at radius 3 is 2.12 bits per heavy atom. The smallest absolute Gasteiger partial charge is 0.408 e. The van der Waals surface area contributed by atoms with Gasteiger partial charge in [0.05, 0.1) is 12.6 Å². The van der Waals surface area contributed by atoms with Crippen LogP contribution >= 0.6 is 0 Å². The van der Waals surface area contributed by atoms with Gasteiger partial charge in [-0.2, -0.15) is 0 Å². The Morgan fingerprint density at radius 1 is 1.25 bits per heavy atom. The first-order valence-corrected chi connectivity index (χ1v) is 5.58. The van der Waals surface area contributed by atoms with Gasteiger partial charge < -0.3 is 15.3 Å². The Labute approximate surface area is 96.7 Å². The van der Waals surface area contributed by atoms with Crippen molar-refractivity contribution in [3.05, 3.63) is 0 Å². The van der Waals surface area contributed by atoms with Crippen LogP contribution in [0, 0.1) is 0 Å². The van der Waals surface area contributed by atoms with Gasteiger partial charge in [-0.25, -0.2) is 4.79 Å². The van der Waals surface area contributed by atoms with Crippen LogP contribution in [0.4, 0.5) is 4.79 Å². The van der Waals surface area contributed by atoms with Crippen molar-refractivity contribution in [2.24, 2.45) is 0 Å². The number of carboxylic acid groups (broad SMARTS) is 1. The maximum Gasteiger partial charge on any atom is 0.408 e. The Morgan fingerprint density at radius 2 is 1.81 bits per heavy atom. The van der Waals surface area contributed by atoms with E-state index in [9.17, 15) is 9.90 Å². The summed E-state index contributed by atoms with van der Waals surface area (Å²) < 4.78 is 0. The van der Waals surface area contributed by atoms with E-state index in [1.807, 2.05) is 0 Å². The number of hydrogen-bond acceptors (Lipinski definition) is 3. The van der Waals surface area contributed by atoms with Crippen LogP contribution in [0.1, 0.15) is 40.0 Å². The van der Waals surface area contributed by atoms with Crippen LogP contribution in [-0.4, -0.2) is 51.1 Å². The molecule has 0 aromatic carbocycles. The van der Waals surface area contributed by atoms with Gasteiger partial charge in [-0.1, -0.05) is 0 Å². The second-order valence-electron chi connectivity index (χ2n) is 4.88. The molecule has 0 rings (SSSR count). The van der Waals surface area contributed by atoms with Crippen molar-refractivity contribution in [2.75, 3.05) is 13.2 Å². The van der Waals surface area contributed by atoms with Crippen molar-refractivity contribution < 1.29 is 20.1 Å². The molecule has 0 radical (unpaired) electrons. The van der Waals surface area contributed by atoms with Crippen molar-refractivity contribution in [3.8, 4) is 0 Å². The maximum absolute atomic E-state index is 11.1. The molecule has 0 saturated heterocycles. The molecule has 1 amide bonds. The van der Waals surface area contributed by atoms with E-state index in [1.165, 1.54) is 4.90 Å². The summed E-state index contributed by atoms with van der Waals surface area (Å²) in [5.41, 5.74) is -0.529. The summed E-state index contributed by atoms with van der Waals surface area (Å²) in [5.74, 6) is 0. The van der Waals surface area contributed by atoms with Crippen molar-refractivity contribution in [2.45, 2.75) is 51.6 Å². The monoisotopic (exact) mass is 233 g/mol. The molecule has 0 aromatic rings. The second-order valence-corrected chi connectivity index (χ2v) is 4.88. The fourth-order valence-electron chi connectivity index (χ4n) is 1.78. The normalized spacial score (nSPS) is 13.6. The van der Waals surface area contributed by atoms with Crippen LogP contribution in [0.15, 0.2) is 0 Å². The predicted octanol–water partition coefficient (Wildman–Crippen LogP) is 1.29. The number of aliphatic hydroxyl groups excluding tert-OH is 2. The fourth-order valence-corrected chi connectivity index (χ4v) is 1.78. The van der Waals surface area contributed by atoms with E-state index in [0.29, 0.717) is 19.3 Å². The van der Waals surface area contributed by atoms with Crippen molar-refractivity contribution in [1.29, 1.82) is 0 Å². The molecule has 0 saturated carbocycles. The van der Waals surface area contributed by atoms with E-state index in [4.69, 9.17) is 10.2 Å². The molecule has 16 heavy (non-hydrogen) atoms. The summed E-state index contributed by atoms with van der Waals surface area (Å²) >= 11 is 0. The Kier molecular flexibility index (Phi) is 6.36. The Bertz CT molecular complexity index is 213. The molecule has 0 fully saturated rings. The number of aliphatic hydroxyl groups is 2. The minimum absolute atomic E-state index is 0.0980. The van der Waals surface area contributed by atoms with Crippen LogP contribution < -0.4 is 0 Å². The third-order valence-corrected chi connectivity index (χ3v) is 2.45. The van der Waals surface area contributed by atoms with Gasteiger partial charge in [-0.15, -0.1) is 0 Å². The first kappa shape index (κ1) is 15.2. The standard InChI is InChI=1S/C11H23NO4/c1-11(2,3)12(10(15)16)9(8-14)6-4-5-7-13/h9,13-14H,4-8H2,1-3H3,(H,15,16). The van der Waals surface area contributed by atoms with Gasteiger partial charge in [0.1, 0.15) is 0 Å². The van der Waals surface area contributed by atoms with Crippen molar-refractivity contribution in [3.63, 3.8) is 0 Å². The number of amides is 1. The zero-order chi connectivity index (χ0) is 12.8. The molecule has 1 atom stereocenters. The number of nitrogens with zero attached hydrogens (tertiary/aromatic N) is 1. The van der Waals surface area contributed by atoms with E-state index >= 15 is 0 Å². The summed E-state index contributed by atoms with van der Waals surface area (Å²) in [5, 5.41) is 27.0. The third kappa shape index (κ3) is 4.81. The van der Waals surface area contributed by atoms with Crippen LogP contribution in [0.5, 0.6) is 0 Å². The average Bonchev–Trinajstić information content (AvgIpc) is 2.13. The molecule has 0 aliphatic heterocycles. The largest absolute Gasteiger partial charge is 0.465 e. The van der Waals surface area contributed by atoms with Gasteiger partial charge in [-0.3, -0.25) is 4.90 Å². The molecule has 5 nitrogen and oxygen atoms in total. The lowest BCUT2D eigenvalue weighted by molar-refractivity contribution is 0.0417. The van der Waals surface area contributed by atoms with Crippen LogP contribution in [0.25, 0.3) is 0 Å².